The van der Waals surface area contributed by atoms with Crippen LogP contribution in [-0.2, 0) is 28.7 Å². The van der Waals surface area contributed by atoms with E-state index in [2.05, 4.69) is 0 Å². The van der Waals surface area contributed by atoms with E-state index >= 15 is 0 Å². The molecule has 0 aromatic heterocycles. The number of aliphatic hydroxyl groups excluding tert-OH is 2. The molecule has 5 aliphatic heterocycles. The molecular formula is C24H29N2NaO10S2. The number of carbonyl (C=O) groups is 4. The number of rotatable bonds is 8. The van der Waals surface area contributed by atoms with E-state index in [1.165, 1.54) is 30.5 Å². The van der Waals surface area contributed by atoms with Crippen molar-refractivity contribution in [1.82, 2.24) is 9.80 Å². The molecule has 39 heavy (non-hydrogen) atoms. The number of carboxylic acid groups (broad SMARTS) is 2. The van der Waals surface area contributed by atoms with E-state index in [0.29, 0.717) is 37.4 Å². The van der Waals surface area contributed by atoms with Gasteiger partial charge in [-0.25, -0.2) is 0 Å². The second-order valence-corrected chi connectivity index (χ2v) is 12.3. The number of aliphatic hydroxyl groups is 2. The monoisotopic (exact) mass is 592 g/mol. The maximum Gasteiger partial charge on any atom is 1.00 e. The van der Waals surface area contributed by atoms with Crippen molar-refractivity contribution in [3.63, 3.8) is 0 Å². The fourth-order valence-electron chi connectivity index (χ4n) is 5.65. The van der Waals surface area contributed by atoms with Gasteiger partial charge in [-0.1, -0.05) is 23.5 Å². The Labute approximate surface area is 255 Å². The van der Waals surface area contributed by atoms with Gasteiger partial charge in [0.2, 0.25) is 5.91 Å². The Bertz CT molecular complexity index is 1120. The smallest absolute Gasteiger partial charge is 0.543 e. The Kier molecular flexibility index (Phi) is 9.51. The number of fused-ring (bicyclic) bond motifs is 1. The minimum Gasteiger partial charge on any atom is -0.543 e. The van der Waals surface area contributed by atoms with Crippen LogP contribution in [0.15, 0.2) is 21.2 Å². The van der Waals surface area contributed by atoms with Crippen LogP contribution in [0.3, 0.4) is 0 Å². The zero-order valence-corrected chi connectivity index (χ0v) is 25.4. The summed E-state index contributed by atoms with van der Waals surface area (Å²) in [6.45, 7) is 3.58. The summed E-state index contributed by atoms with van der Waals surface area (Å²) in [7, 11) is 0. The number of aliphatic carboxylic acids is 2. The van der Waals surface area contributed by atoms with Crippen molar-refractivity contribution < 1.29 is 78.6 Å². The van der Waals surface area contributed by atoms with Crippen LogP contribution in [0, 0.1) is 11.8 Å². The summed E-state index contributed by atoms with van der Waals surface area (Å²) in [5.41, 5.74) is -0.599. The van der Waals surface area contributed by atoms with E-state index in [0.717, 1.165) is 23.1 Å². The molecule has 5 aliphatic rings. The van der Waals surface area contributed by atoms with Gasteiger partial charge in [0.25, 0.3) is 5.91 Å². The number of carbonyl (C=O) groups excluding carboxylic acids is 3. The van der Waals surface area contributed by atoms with Crippen molar-refractivity contribution in [3.8, 4) is 0 Å². The maximum absolute atomic E-state index is 14.4. The van der Waals surface area contributed by atoms with Crippen molar-refractivity contribution in [2.24, 2.45) is 11.8 Å². The molecule has 5 rings (SSSR count). The quantitative estimate of drug-likeness (QED) is 0.187. The second kappa shape index (κ2) is 12.0. The number of β-lactam (4-membered cyclic amide) rings is 1. The summed E-state index contributed by atoms with van der Waals surface area (Å²) in [6.07, 6.45) is -1.13. The first-order chi connectivity index (χ1) is 18.0. The van der Waals surface area contributed by atoms with Gasteiger partial charge in [0.15, 0.2) is 0 Å². The molecule has 12 nitrogen and oxygen atoms in total. The Morgan fingerprint density at radius 3 is 2.00 bits per heavy atom. The van der Waals surface area contributed by atoms with Gasteiger partial charge in [-0.15, -0.1) is 0 Å². The van der Waals surface area contributed by atoms with Crippen LogP contribution in [-0.4, -0.2) is 97.2 Å². The fourth-order valence-corrected chi connectivity index (χ4v) is 9.04. The molecule has 3 fully saturated rings. The fraction of sp³-hybridized carbons (Fsp3) is 0.667. The summed E-state index contributed by atoms with van der Waals surface area (Å²) >= 11 is 2.09. The zero-order chi connectivity index (χ0) is 27.5. The van der Waals surface area contributed by atoms with E-state index in [1.807, 2.05) is 0 Å². The van der Waals surface area contributed by atoms with E-state index < -0.39 is 76.4 Å². The van der Waals surface area contributed by atoms with E-state index in [9.17, 15) is 39.6 Å². The van der Waals surface area contributed by atoms with Gasteiger partial charge in [0.05, 0.1) is 42.0 Å². The van der Waals surface area contributed by atoms with E-state index in [-0.39, 0.29) is 40.2 Å². The Morgan fingerprint density at radius 2 is 1.56 bits per heavy atom. The minimum absolute atomic E-state index is 0. The second-order valence-electron chi connectivity index (χ2n) is 9.99. The Hall–Kier alpha value is -1.10. The SMILES string of the molecule is C[C@@H](O)[C@@H](C(=O)O)[C@H]1SC([C@@H]2CCCO2)=C(C(=O)[O-])N1C(=O)C1=C([C@H]2CCCO2)S[C@@H]2[C@@H]([C@@H](C)O)C(=O)N12.[Na+]. The number of hydrogen-bond acceptors (Lipinski definition) is 11. The zero-order valence-electron chi connectivity index (χ0n) is 21.8. The minimum atomic E-state index is -1.69. The molecule has 15 heteroatoms. The van der Waals surface area contributed by atoms with Crippen LogP contribution in [0.1, 0.15) is 39.5 Å². The molecule has 0 spiro atoms. The van der Waals surface area contributed by atoms with E-state index in [1.54, 1.807) is 0 Å². The summed E-state index contributed by atoms with van der Waals surface area (Å²) in [5.74, 6) is -6.78. The molecule has 3 saturated heterocycles. The number of hydrogen-bond donors (Lipinski definition) is 3. The molecule has 0 aliphatic carbocycles. The van der Waals surface area contributed by atoms with Gasteiger partial charge < -0.3 is 34.7 Å². The van der Waals surface area contributed by atoms with Gasteiger partial charge in [0, 0.05) is 23.0 Å². The van der Waals surface area contributed by atoms with Crippen molar-refractivity contribution in [3.05, 3.63) is 21.2 Å². The van der Waals surface area contributed by atoms with Gasteiger partial charge in [-0.3, -0.25) is 24.2 Å². The molecular weight excluding hydrogens is 563 g/mol. The molecule has 2 amide bonds. The molecule has 3 N–H and O–H groups in total. The normalized spacial score (nSPS) is 32.6. The van der Waals surface area contributed by atoms with Crippen molar-refractivity contribution in [2.45, 2.75) is 74.7 Å². The van der Waals surface area contributed by atoms with Crippen LogP contribution >= 0.6 is 23.5 Å². The van der Waals surface area contributed by atoms with Crippen LogP contribution in [0.5, 0.6) is 0 Å². The van der Waals surface area contributed by atoms with Crippen LogP contribution < -0.4 is 34.7 Å². The number of nitrogens with zero attached hydrogens (tertiary/aromatic N) is 2. The molecule has 0 bridgehead atoms. The number of thioether (sulfide) groups is 2. The van der Waals surface area contributed by atoms with Crippen molar-refractivity contribution >= 4 is 47.3 Å². The van der Waals surface area contributed by atoms with Crippen molar-refractivity contribution in [1.29, 1.82) is 0 Å². The first-order valence-electron chi connectivity index (χ1n) is 12.6. The van der Waals surface area contributed by atoms with E-state index in [4.69, 9.17) is 9.47 Å². The molecule has 0 aromatic rings. The Morgan fingerprint density at radius 1 is 1.00 bits per heavy atom. The number of carboxylic acids is 2. The van der Waals surface area contributed by atoms with Gasteiger partial charge in [-0.05, 0) is 39.5 Å². The van der Waals surface area contributed by atoms with Crippen LogP contribution in [0.4, 0.5) is 0 Å². The maximum atomic E-state index is 14.4. The van der Waals surface area contributed by atoms with Crippen LogP contribution in [0.2, 0.25) is 0 Å². The molecule has 0 unspecified atom stereocenters. The van der Waals surface area contributed by atoms with Crippen molar-refractivity contribution in [2.75, 3.05) is 13.2 Å². The van der Waals surface area contributed by atoms with Gasteiger partial charge in [-0.2, -0.15) is 0 Å². The summed E-state index contributed by atoms with van der Waals surface area (Å²) < 4.78 is 11.5. The topological polar surface area (TPSA) is 177 Å². The molecule has 0 radical (unpaired) electrons. The average Bonchev–Trinajstić information content (AvgIpc) is 3.62. The predicted octanol–water partition coefficient (Wildman–Crippen LogP) is -3.58. The largest absolute Gasteiger partial charge is 1.00 e. The molecule has 208 valence electrons. The predicted molar refractivity (Wildman–Crippen MR) is 131 cm³/mol. The van der Waals surface area contributed by atoms with Gasteiger partial charge in [0.1, 0.15) is 22.4 Å². The molecule has 0 aromatic carbocycles. The third-order valence-electron chi connectivity index (χ3n) is 7.47. The summed E-state index contributed by atoms with van der Waals surface area (Å²) in [5, 5.41) is 41.1. The summed E-state index contributed by atoms with van der Waals surface area (Å²) in [4.78, 5) is 54.9. The molecule has 8 atom stereocenters. The average molecular weight is 593 g/mol. The Balaban J connectivity index is 0.00000353. The first-order valence-corrected chi connectivity index (χ1v) is 14.3. The molecule has 0 saturated carbocycles. The molecule has 5 heterocycles. The number of ether oxygens (including phenoxy) is 2. The van der Waals surface area contributed by atoms with Gasteiger partial charge >= 0.3 is 35.5 Å². The number of amides is 2. The first kappa shape index (κ1) is 30.8. The standard InChI is InChI=1S/C24H30N2O10S2.Na/c1-9(27)13-19(29)25-15(17(37-21(13)25)11-5-3-7-35-11)20(30)26-16(24(33)34)18(12-6-4-8-36-12)38-22(26)14(10(2)28)23(31)32;/h9-14,21-22,27-28H,3-8H2,1-2H3,(H,31,32)(H,33,34);/q;+1/p-1/t9-,10-,11-,12+,13+,14-,21-,22-;/m1./s1. The third kappa shape index (κ3) is 5.21. The van der Waals surface area contributed by atoms with Crippen LogP contribution in [0.25, 0.3) is 0 Å². The third-order valence-corrected chi connectivity index (χ3v) is 10.4. The summed E-state index contributed by atoms with van der Waals surface area (Å²) in [6, 6.07) is 0.